The van der Waals surface area contributed by atoms with Gasteiger partial charge in [0, 0.05) is 12.8 Å². The fraction of sp³-hybridized carbons (Fsp3) is 0.333. The van der Waals surface area contributed by atoms with Gasteiger partial charge in [-0.05, 0) is 30.7 Å². The van der Waals surface area contributed by atoms with E-state index in [1.807, 2.05) is 18.2 Å². The van der Waals surface area contributed by atoms with Gasteiger partial charge in [-0.15, -0.1) is 0 Å². The van der Waals surface area contributed by atoms with Crippen LogP contribution in [0.2, 0.25) is 0 Å². The lowest BCUT2D eigenvalue weighted by Crippen LogP contribution is -2.25. The Labute approximate surface area is 94.3 Å². The van der Waals surface area contributed by atoms with Crippen LogP contribution < -0.4 is 9.64 Å². The molecule has 0 spiro atoms. The minimum Gasteiger partial charge on any atom is -0.491 e. The van der Waals surface area contributed by atoms with Gasteiger partial charge in [-0.3, -0.25) is 4.79 Å². The van der Waals surface area contributed by atoms with Crippen molar-refractivity contribution in [3.8, 4) is 5.75 Å². The molecule has 1 aliphatic rings. The maximum atomic E-state index is 11.7. The summed E-state index contributed by atoms with van der Waals surface area (Å²) in [6, 6.07) is 5.48. The molecule has 1 amide bonds. The minimum atomic E-state index is 0.0403. The Morgan fingerprint density at radius 3 is 2.94 bits per heavy atom. The molecule has 2 rings (SSSR count). The third-order valence-electron chi connectivity index (χ3n) is 2.70. The summed E-state index contributed by atoms with van der Waals surface area (Å²) in [5.41, 5.74) is 2.03. The molecule has 0 radical (unpaired) electrons. The summed E-state index contributed by atoms with van der Waals surface area (Å²) >= 11 is 0. The van der Waals surface area contributed by atoms with Gasteiger partial charge in [0.1, 0.15) is 5.75 Å². The molecule has 1 aromatic carbocycles. The van der Waals surface area contributed by atoms with Crippen molar-refractivity contribution in [2.45, 2.75) is 13.3 Å². The van der Waals surface area contributed by atoms with Gasteiger partial charge in [-0.1, -0.05) is 0 Å². The summed E-state index contributed by atoms with van der Waals surface area (Å²) in [4.78, 5) is 13.2. The van der Waals surface area contributed by atoms with E-state index in [2.05, 4.69) is 0 Å². The molecule has 1 aliphatic heterocycles. The van der Waals surface area contributed by atoms with E-state index in [0.29, 0.717) is 24.5 Å². The fourth-order valence-corrected chi connectivity index (χ4v) is 1.69. The zero-order valence-corrected chi connectivity index (χ0v) is 9.41. The van der Waals surface area contributed by atoms with Crippen molar-refractivity contribution in [2.75, 3.05) is 18.6 Å². The first-order valence-corrected chi connectivity index (χ1v) is 5.18. The highest BCUT2D eigenvalue weighted by Crippen LogP contribution is 2.31. The van der Waals surface area contributed by atoms with E-state index in [0.717, 1.165) is 11.3 Å². The number of benzene rings is 1. The second-order valence-electron chi connectivity index (χ2n) is 3.86. The number of carbonyl (C=O) groups excluding carboxylic acids is 1. The molecule has 84 valence electrons. The summed E-state index contributed by atoms with van der Waals surface area (Å²) < 4.78 is 5.49. The first-order valence-electron chi connectivity index (χ1n) is 5.18. The maximum Gasteiger partial charge on any atom is 0.230 e. The normalized spacial score (nSPS) is 15.1. The van der Waals surface area contributed by atoms with Crippen LogP contribution in [-0.4, -0.2) is 25.3 Å². The topological polar surface area (TPSA) is 53.4 Å². The molecule has 0 aliphatic carbocycles. The highest BCUT2D eigenvalue weighted by molar-refractivity contribution is 6.00. The third kappa shape index (κ3) is 1.78. The zero-order valence-electron chi connectivity index (χ0n) is 9.41. The van der Waals surface area contributed by atoms with E-state index in [9.17, 15) is 4.79 Å². The molecule has 0 atom stereocenters. The lowest BCUT2D eigenvalue weighted by atomic mass is 10.1. The Morgan fingerprint density at radius 2 is 2.25 bits per heavy atom. The van der Waals surface area contributed by atoms with Crippen LogP contribution in [-0.2, 0) is 4.79 Å². The number of hydrogen-bond acceptors (Lipinski definition) is 3. The molecule has 0 saturated carbocycles. The number of nitrogens with zero attached hydrogens (tertiary/aromatic N) is 1. The van der Waals surface area contributed by atoms with Gasteiger partial charge in [-0.2, -0.15) is 0 Å². The molecule has 16 heavy (non-hydrogen) atoms. The fourth-order valence-electron chi connectivity index (χ4n) is 1.69. The minimum absolute atomic E-state index is 0.0403. The molecule has 0 saturated heterocycles. The van der Waals surface area contributed by atoms with E-state index < -0.39 is 0 Å². The van der Waals surface area contributed by atoms with Crippen LogP contribution in [0, 0.1) is 5.41 Å². The largest absolute Gasteiger partial charge is 0.491 e. The molecule has 1 aromatic rings. The number of hydrogen-bond donors (Lipinski definition) is 1. The van der Waals surface area contributed by atoms with Crippen LogP contribution in [0.15, 0.2) is 18.2 Å². The van der Waals surface area contributed by atoms with Crippen LogP contribution in [0.25, 0.3) is 0 Å². The standard InChI is InChI=1S/C12H14N2O2/c1-8(13)9-3-4-11-10(7-9)14(2)12(15)5-6-16-11/h3-4,7,13H,5-6H2,1-2H3. The molecule has 4 nitrogen and oxygen atoms in total. The highest BCUT2D eigenvalue weighted by Gasteiger charge is 2.20. The van der Waals surface area contributed by atoms with E-state index in [4.69, 9.17) is 10.1 Å². The first-order chi connectivity index (χ1) is 7.59. The van der Waals surface area contributed by atoms with Crippen LogP contribution in [0.4, 0.5) is 5.69 Å². The molecule has 1 heterocycles. The predicted octanol–water partition coefficient (Wildman–Crippen LogP) is 1.82. The van der Waals surface area contributed by atoms with Crippen LogP contribution in [0.3, 0.4) is 0 Å². The van der Waals surface area contributed by atoms with Gasteiger partial charge in [0.05, 0.1) is 18.7 Å². The molecule has 0 aromatic heterocycles. The predicted molar refractivity (Wildman–Crippen MR) is 62.5 cm³/mol. The molecule has 0 fully saturated rings. The van der Waals surface area contributed by atoms with Crippen molar-refractivity contribution < 1.29 is 9.53 Å². The quantitative estimate of drug-likeness (QED) is 0.731. The van der Waals surface area contributed by atoms with Crippen molar-refractivity contribution in [1.29, 1.82) is 5.41 Å². The van der Waals surface area contributed by atoms with E-state index in [1.165, 1.54) is 0 Å². The van der Waals surface area contributed by atoms with Gasteiger partial charge >= 0.3 is 0 Å². The number of anilines is 1. The Balaban J connectivity index is 2.50. The monoisotopic (exact) mass is 218 g/mol. The van der Waals surface area contributed by atoms with E-state index in [1.54, 1.807) is 18.9 Å². The number of amides is 1. The number of rotatable bonds is 1. The smallest absolute Gasteiger partial charge is 0.230 e. The van der Waals surface area contributed by atoms with Gasteiger partial charge in [0.15, 0.2) is 0 Å². The summed E-state index contributed by atoms with van der Waals surface area (Å²) in [6.07, 6.45) is 0.393. The number of fused-ring (bicyclic) bond motifs is 1. The van der Waals surface area contributed by atoms with Crippen molar-refractivity contribution >= 4 is 17.3 Å². The summed E-state index contributed by atoms with van der Waals surface area (Å²) in [7, 11) is 1.74. The highest BCUT2D eigenvalue weighted by atomic mass is 16.5. The molecule has 0 bridgehead atoms. The molecule has 4 heteroatoms. The van der Waals surface area contributed by atoms with E-state index >= 15 is 0 Å². The molecule has 0 unspecified atom stereocenters. The lowest BCUT2D eigenvalue weighted by Gasteiger charge is -2.17. The van der Waals surface area contributed by atoms with Gasteiger partial charge in [0.2, 0.25) is 5.91 Å². The van der Waals surface area contributed by atoms with Crippen LogP contribution in [0.5, 0.6) is 5.75 Å². The molecular weight excluding hydrogens is 204 g/mol. The van der Waals surface area contributed by atoms with Crippen molar-refractivity contribution in [2.24, 2.45) is 0 Å². The Kier molecular flexibility index (Phi) is 2.64. The maximum absolute atomic E-state index is 11.7. The van der Waals surface area contributed by atoms with Gasteiger partial charge in [-0.25, -0.2) is 0 Å². The second-order valence-corrected chi connectivity index (χ2v) is 3.86. The van der Waals surface area contributed by atoms with E-state index in [-0.39, 0.29) is 5.91 Å². The number of nitrogens with one attached hydrogen (secondary N) is 1. The molecular formula is C12H14N2O2. The first kappa shape index (κ1) is 10.7. The van der Waals surface area contributed by atoms with Gasteiger partial charge < -0.3 is 15.0 Å². The van der Waals surface area contributed by atoms with Crippen LogP contribution >= 0.6 is 0 Å². The van der Waals surface area contributed by atoms with Crippen LogP contribution in [0.1, 0.15) is 18.9 Å². The SMILES string of the molecule is CC(=N)c1ccc2c(c1)N(C)C(=O)CCO2. The third-order valence-corrected chi connectivity index (χ3v) is 2.70. The number of carbonyl (C=O) groups is 1. The Morgan fingerprint density at radius 1 is 1.50 bits per heavy atom. The van der Waals surface area contributed by atoms with Gasteiger partial charge in [0.25, 0.3) is 0 Å². The zero-order chi connectivity index (χ0) is 11.7. The Hall–Kier alpha value is -1.84. The van der Waals surface area contributed by atoms with Crippen molar-refractivity contribution in [1.82, 2.24) is 0 Å². The molecule has 1 N–H and O–H groups in total. The number of ether oxygens (including phenoxy) is 1. The average Bonchev–Trinajstić information content (AvgIpc) is 2.40. The second kappa shape index (κ2) is 3.96. The summed E-state index contributed by atoms with van der Waals surface area (Å²) in [5, 5.41) is 7.58. The van der Waals surface area contributed by atoms with Crippen molar-refractivity contribution in [3.05, 3.63) is 23.8 Å². The average molecular weight is 218 g/mol. The Bertz CT molecular complexity index is 454. The lowest BCUT2D eigenvalue weighted by molar-refractivity contribution is -0.118. The summed E-state index contributed by atoms with van der Waals surface area (Å²) in [6.45, 7) is 2.14. The van der Waals surface area contributed by atoms with Crippen molar-refractivity contribution in [3.63, 3.8) is 0 Å². The summed E-state index contributed by atoms with van der Waals surface area (Å²) in [5.74, 6) is 0.747.